The Balaban J connectivity index is 1.86. The molecular weight excluding hydrogens is 360 g/mol. The molecule has 2 N–H and O–H groups in total. The van der Waals surface area contributed by atoms with Crippen LogP contribution >= 0.6 is 11.3 Å². The number of ether oxygens (including phenoxy) is 1. The van der Waals surface area contributed by atoms with Gasteiger partial charge in [-0.1, -0.05) is 6.07 Å². The predicted octanol–water partition coefficient (Wildman–Crippen LogP) is 1.24. The number of aliphatic imine (C=N–C) groups is 1. The number of sulfonamides is 1. The molecule has 1 aliphatic rings. The van der Waals surface area contributed by atoms with E-state index < -0.39 is 10.0 Å². The lowest BCUT2D eigenvalue weighted by molar-refractivity contribution is -0.0440. The average molecular weight is 389 g/mol. The second kappa shape index (κ2) is 9.51. The first-order valence-corrected chi connectivity index (χ1v) is 11.1. The molecule has 2 heterocycles. The van der Waals surface area contributed by atoms with Crippen LogP contribution in [-0.4, -0.2) is 62.8 Å². The van der Waals surface area contributed by atoms with E-state index in [0.717, 1.165) is 6.54 Å². The van der Waals surface area contributed by atoms with Gasteiger partial charge in [0, 0.05) is 31.1 Å². The molecule has 2 rings (SSSR count). The Morgan fingerprint density at radius 3 is 2.68 bits per heavy atom. The smallest absolute Gasteiger partial charge is 0.216 e. The fourth-order valence-electron chi connectivity index (χ4n) is 2.69. The summed E-state index contributed by atoms with van der Waals surface area (Å²) in [5.74, 6) is 0.672. The zero-order valence-corrected chi connectivity index (χ0v) is 16.7. The summed E-state index contributed by atoms with van der Waals surface area (Å²) in [6.45, 7) is 8.24. The molecule has 0 radical (unpaired) electrons. The maximum Gasteiger partial charge on any atom is 0.216 e. The van der Waals surface area contributed by atoms with Crippen molar-refractivity contribution >= 4 is 27.3 Å². The van der Waals surface area contributed by atoms with Crippen molar-refractivity contribution in [1.29, 1.82) is 0 Å². The summed E-state index contributed by atoms with van der Waals surface area (Å²) in [7, 11) is -3.31. The molecule has 1 aromatic rings. The first kappa shape index (κ1) is 20.2. The third-order valence-electron chi connectivity index (χ3n) is 3.75. The quantitative estimate of drug-likeness (QED) is 0.542. The zero-order valence-electron chi connectivity index (χ0n) is 15.1. The summed E-state index contributed by atoms with van der Waals surface area (Å²) < 4.78 is 32.2. The standard InChI is InChI=1S/C16H28N4O3S2/c1-4-17-16(19-10-15-6-5-8-24-15)18-7-9-25(21,22)20-11-13(2)23-14(3)12-20/h5-6,8,13-14H,4,7,9-12H2,1-3H3,(H2,17,18,19). The second-order valence-corrected chi connectivity index (χ2v) is 9.21. The predicted molar refractivity (Wildman–Crippen MR) is 103 cm³/mol. The van der Waals surface area contributed by atoms with Gasteiger partial charge in [0.05, 0.1) is 24.5 Å². The van der Waals surface area contributed by atoms with Crippen LogP contribution in [0.2, 0.25) is 0 Å². The van der Waals surface area contributed by atoms with Crippen LogP contribution in [0.25, 0.3) is 0 Å². The van der Waals surface area contributed by atoms with E-state index in [9.17, 15) is 8.42 Å². The van der Waals surface area contributed by atoms with E-state index in [4.69, 9.17) is 4.74 Å². The van der Waals surface area contributed by atoms with E-state index in [1.54, 1.807) is 11.3 Å². The highest BCUT2D eigenvalue weighted by Gasteiger charge is 2.30. The highest BCUT2D eigenvalue weighted by Crippen LogP contribution is 2.14. The van der Waals surface area contributed by atoms with E-state index in [1.807, 2.05) is 38.3 Å². The Kier molecular flexibility index (Phi) is 7.67. The van der Waals surface area contributed by atoms with Gasteiger partial charge in [-0.05, 0) is 32.2 Å². The zero-order chi connectivity index (χ0) is 18.3. The van der Waals surface area contributed by atoms with Crippen LogP contribution in [0.4, 0.5) is 0 Å². The van der Waals surface area contributed by atoms with Crippen molar-refractivity contribution in [3.63, 3.8) is 0 Å². The van der Waals surface area contributed by atoms with E-state index in [1.165, 1.54) is 9.18 Å². The first-order chi connectivity index (χ1) is 11.9. The van der Waals surface area contributed by atoms with E-state index in [-0.39, 0.29) is 18.0 Å². The average Bonchev–Trinajstić information content (AvgIpc) is 3.05. The number of hydrogen-bond donors (Lipinski definition) is 2. The largest absolute Gasteiger partial charge is 0.373 e. The summed E-state index contributed by atoms with van der Waals surface area (Å²) in [5, 5.41) is 8.26. The Bertz CT molecular complexity index is 636. The van der Waals surface area contributed by atoms with Gasteiger partial charge in [-0.2, -0.15) is 4.31 Å². The van der Waals surface area contributed by atoms with Gasteiger partial charge in [-0.3, -0.25) is 0 Å². The Labute approximate surface area is 154 Å². The molecule has 1 saturated heterocycles. The molecule has 9 heteroatoms. The normalized spacial score (nSPS) is 22.8. The molecule has 0 aliphatic carbocycles. The molecule has 1 aliphatic heterocycles. The van der Waals surface area contributed by atoms with Crippen LogP contribution in [-0.2, 0) is 21.3 Å². The van der Waals surface area contributed by atoms with Crippen molar-refractivity contribution in [3.8, 4) is 0 Å². The molecule has 0 amide bonds. The minimum absolute atomic E-state index is 0.0376. The summed E-state index contributed by atoms with van der Waals surface area (Å²) in [4.78, 5) is 5.66. The number of nitrogens with zero attached hydrogens (tertiary/aromatic N) is 2. The highest BCUT2D eigenvalue weighted by atomic mass is 32.2. The van der Waals surface area contributed by atoms with Crippen molar-refractivity contribution in [3.05, 3.63) is 22.4 Å². The van der Waals surface area contributed by atoms with Gasteiger partial charge in [0.25, 0.3) is 0 Å². The lowest BCUT2D eigenvalue weighted by Gasteiger charge is -2.34. The Morgan fingerprint density at radius 1 is 1.36 bits per heavy atom. The topological polar surface area (TPSA) is 83.0 Å². The van der Waals surface area contributed by atoms with Crippen LogP contribution in [0.5, 0.6) is 0 Å². The number of rotatable bonds is 7. The van der Waals surface area contributed by atoms with Gasteiger partial charge in [0.15, 0.2) is 5.96 Å². The van der Waals surface area contributed by atoms with E-state index >= 15 is 0 Å². The third-order valence-corrected chi connectivity index (χ3v) is 6.42. The molecule has 7 nitrogen and oxygen atoms in total. The Morgan fingerprint density at radius 2 is 2.08 bits per heavy atom. The number of guanidine groups is 1. The van der Waals surface area contributed by atoms with Crippen LogP contribution in [0.3, 0.4) is 0 Å². The van der Waals surface area contributed by atoms with Gasteiger partial charge in [-0.15, -0.1) is 11.3 Å². The van der Waals surface area contributed by atoms with Gasteiger partial charge in [-0.25, -0.2) is 13.4 Å². The monoisotopic (exact) mass is 388 g/mol. The van der Waals surface area contributed by atoms with Crippen LogP contribution in [0, 0.1) is 0 Å². The molecule has 1 aromatic heterocycles. The van der Waals surface area contributed by atoms with Crippen molar-refractivity contribution < 1.29 is 13.2 Å². The number of nitrogens with one attached hydrogen (secondary N) is 2. The van der Waals surface area contributed by atoms with E-state index in [0.29, 0.717) is 32.1 Å². The fourth-order valence-corrected chi connectivity index (χ4v) is 4.81. The van der Waals surface area contributed by atoms with Crippen molar-refractivity contribution in [2.75, 3.05) is 31.9 Å². The molecule has 25 heavy (non-hydrogen) atoms. The summed E-state index contributed by atoms with van der Waals surface area (Å²) in [5.41, 5.74) is 0. The maximum absolute atomic E-state index is 12.5. The summed E-state index contributed by atoms with van der Waals surface area (Å²) in [6.07, 6.45) is -0.146. The molecule has 0 spiro atoms. The van der Waals surface area contributed by atoms with Crippen LogP contribution < -0.4 is 10.6 Å². The summed E-state index contributed by atoms with van der Waals surface area (Å²) >= 11 is 1.65. The molecular formula is C16H28N4O3S2. The van der Waals surface area contributed by atoms with Gasteiger partial charge in [0.1, 0.15) is 0 Å². The fraction of sp³-hybridized carbons (Fsp3) is 0.688. The van der Waals surface area contributed by atoms with Crippen molar-refractivity contribution in [2.45, 2.75) is 39.5 Å². The van der Waals surface area contributed by atoms with Crippen LogP contribution in [0.15, 0.2) is 22.5 Å². The summed E-state index contributed by atoms with van der Waals surface area (Å²) in [6, 6.07) is 4.02. The minimum Gasteiger partial charge on any atom is -0.373 e. The second-order valence-electron chi connectivity index (χ2n) is 6.09. The Hall–Kier alpha value is -1.16. The minimum atomic E-state index is -3.31. The molecule has 0 saturated carbocycles. The lowest BCUT2D eigenvalue weighted by atomic mass is 10.3. The maximum atomic E-state index is 12.5. The van der Waals surface area contributed by atoms with Crippen molar-refractivity contribution in [2.24, 2.45) is 4.99 Å². The number of thiophene rings is 1. The number of morpholine rings is 1. The molecule has 0 bridgehead atoms. The van der Waals surface area contributed by atoms with Crippen LogP contribution in [0.1, 0.15) is 25.6 Å². The van der Waals surface area contributed by atoms with E-state index in [2.05, 4.69) is 15.6 Å². The third kappa shape index (κ3) is 6.58. The molecule has 1 fully saturated rings. The molecule has 142 valence electrons. The lowest BCUT2D eigenvalue weighted by Crippen LogP contribution is -2.50. The highest BCUT2D eigenvalue weighted by molar-refractivity contribution is 7.89. The van der Waals surface area contributed by atoms with Crippen molar-refractivity contribution in [1.82, 2.24) is 14.9 Å². The SMILES string of the molecule is CCNC(=NCc1cccs1)NCCS(=O)(=O)N1CC(C)OC(C)C1. The number of hydrogen-bond acceptors (Lipinski definition) is 5. The molecule has 2 unspecified atom stereocenters. The first-order valence-electron chi connectivity index (χ1n) is 8.58. The van der Waals surface area contributed by atoms with Gasteiger partial charge in [0.2, 0.25) is 10.0 Å². The van der Waals surface area contributed by atoms with Gasteiger partial charge >= 0.3 is 0 Å². The molecule has 2 atom stereocenters. The molecule has 0 aromatic carbocycles. The van der Waals surface area contributed by atoms with Gasteiger partial charge < -0.3 is 15.4 Å².